The van der Waals surface area contributed by atoms with Crippen LogP contribution < -0.4 is 10.6 Å². The van der Waals surface area contributed by atoms with Crippen LogP contribution in [0.5, 0.6) is 0 Å². The van der Waals surface area contributed by atoms with E-state index in [0.29, 0.717) is 24.2 Å². The van der Waals surface area contributed by atoms with Gasteiger partial charge >= 0.3 is 6.03 Å². The molecule has 2 amide bonds. The molecule has 0 aliphatic rings. The fourth-order valence-electron chi connectivity index (χ4n) is 2.20. The van der Waals surface area contributed by atoms with E-state index in [2.05, 4.69) is 20.6 Å². The molecule has 5 nitrogen and oxygen atoms in total. The Morgan fingerprint density at radius 3 is 2.95 bits per heavy atom. The maximum Gasteiger partial charge on any atom is 0.319 e. The fraction of sp³-hybridized carbons (Fsp3) is 0.125. The molecule has 0 radical (unpaired) electrons. The molecular formula is C16H15FN4O. The number of aromatic amines is 1. The van der Waals surface area contributed by atoms with Gasteiger partial charge in [-0.15, -0.1) is 0 Å². The Labute approximate surface area is 126 Å². The predicted octanol–water partition coefficient (Wildman–Crippen LogP) is 3.07. The number of amides is 2. The van der Waals surface area contributed by atoms with Crippen LogP contribution in [0.25, 0.3) is 11.0 Å². The number of halogens is 1. The van der Waals surface area contributed by atoms with Crippen molar-refractivity contribution in [2.24, 2.45) is 0 Å². The lowest BCUT2D eigenvalue weighted by molar-refractivity contribution is 0.252. The van der Waals surface area contributed by atoms with E-state index in [1.54, 1.807) is 36.7 Å². The summed E-state index contributed by atoms with van der Waals surface area (Å²) in [6.07, 6.45) is 2.04. The van der Waals surface area contributed by atoms with Gasteiger partial charge in [0.05, 0.1) is 17.4 Å². The number of urea groups is 1. The van der Waals surface area contributed by atoms with Crippen LogP contribution in [0.1, 0.15) is 5.56 Å². The van der Waals surface area contributed by atoms with Crippen LogP contribution in [-0.4, -0.2) is 22.5 Å². The number of carbonyl (C=O) groups excluding carboxylic acids is 1. The van der Waals surface area contributed by atoms with Crippen LogP contribution in [0.15, 0.2) is 48.8 Å². The quantitative estimate of drug-likeness (QED) is 0.693. The van der Waals surface area contributed by atoms with Gasteiger partial charge in [0.15, 0.2) is 0 Å². The van der Waals surface area contributed by atoms with Gasteiger partial charge < -0.3 is 15.6 Å². The average Bonchev–Trinajstić information content (AvgIpc) is 2.97. The number of aromatic nitrogens is 2. The summed E-state index contributed by atoms with van der Waals surface area (Å²) in [4.78, 5) is 18.9. The van der Waals surface area contributed by atoms with E-state index in [0.717, 1.165) is 11.0 Å². The highest BCUT2D eigenvalue weighted by Gasteiger charge is 2.05. The van der Waals surface area contributed by atoms with Crippen molar-refractivity contribution < 1.29 is 9.18 Å². The molecule has 0 bridgehead atoms. The van der Waals surface area contributed by atoms with E-state index in [4.69, 9.17) is 0 Å². The number of carbonyl (C=O) groups is 1. The van der Waals surface area contributed by atoms with Crippen LogP contribution in [0.4, 0.5) is 14.9 Å². The predicted molar refractivity (Wildman–Crippen MR) is 83.2 cm³/mol. The Hall–Kier alpha value is -2.89. The first kappa shape index (κ1) is 14.1. The zero-order valence-corrected chi connectivity index (χ0v) is 11.8. The number of H-pyrrole nitrogens is 1. The van der Waals surface area contributed by atoms with Gasteiger partial charge in [0.1, 0.15) is 5.82 Å². The Bertz CT molecular complexity index is 799. The highest BCUT2D eigenvalue weighted by atomic mass is 19.1. The number of hydrogen-bond acceptors (Lipinski definition) is 2. The number of benzene rings is 2. The summed E-state index contributed by atoms with van der Waals surface area (Å²) < 4.78 is 13.4. The summed E-state index contributed by atoms with van der Waals surface area (Å²) >= 11 is 0. The van der Waals surface area contributed by atoms with Crippen LogP contribution in [0.3, 0.4) is 0 Å². The van der Waals surface area contributed by atoms with Crippen molar-refractivity contribution in [1.29, 1.82) is 0 Å². The number of rotatable bonds is 4. The number of anilines is 1. The number of fused-ring (bicyclic) bond motifs is 1. The standard InChI is InChI=1S/C16H15FN4O/c17-13-4-2-1-3-11(13)7-8-18-16(22)21-12-5-6-14-15(9-12)20-10-19-14/h1-6,9-10H,7-8H2,(H,19,20)(H2,18,21,22). The Kier molecular flexibility index (Phi) is 4.00. The Morgan fingerprint density at radius 1 is 1.23 bits per heavy atom. The number of hydrogen-bond donors (Lipinski definition) is 3. The molecule has 0 atom stereocenters. The molecule has 22 heavy (non-hydrogen) atoms. The Balaban J connectivity index is 1.53. The van der Waals surface area contributed by atoms with Gasteiger partial charge in [0.25, 0.3) is 0 Å². The van der Waals surface area contributed by atoms with E-state index < -0.39 is 0 Å². The molecule has 1 aromatic heterocycles. The van der Waals surface area contributed by atoms with E-state index in [9.17, 15) is 9.18 Å². The van der Waals surface area contributed by atoms with Crippen molar-refractivity contribution in [3.8, 4) is 0 Å². The van der Waals surface area contributed by atoms with Gasteiger partial charge in [-0.25, -0.2) is 14.2 Å². The second-order valence-corrected chi connectivity index (χ2v) is 4.86. The molecular weight excluding hydrogens is 283 g/mol. The first-order valence-corrected chi connectivity index (χ1v) is 6.94. The normalized spacial score (nSPS) is 10.6. The van der Waals surface area contributed by atoms with Crippen molar-refractivity contribution in [2.75, 3.05) is 11.9 Å². The first-order chi connectivity index (χ1) is 10.7. The zero-order chi connectivity index (χ0) is 15.4. The molecule has 0 spiro atoms. The third kappa shape index (κ3) is 3.22. The SMILES string of the molecule is O=C(NCCc1ccccc1F)Nc1ccc2nc[nH]c2c1. The van der Waals surface area contributed by atoms with Gasteiger partial charge in [-0.1, -0.05) is 18.2 Å². The molecule has 0 aliphatic carbocycles. The van der Waals surface area contributed by atoms with Crippen molar-refractivity contribution >= 4 is 22.8 Å². The summed E-state index contributed by atoms with van der Waals surface area (Å²) in [5.41, 5.74) is 2.94. The van der Waals surface area contributed by atoms with Gasteiger partial charge in [0, 0.05) is 12.2 Å². The lowest BCUT2D eigenvalue weighted by atomic mass is 10.1. The fourth-order valence-corrected chi connectivity index (χ4v) is 2.20. The number of nitrogens with one attached hydrogen (secondary N) is 3. The minimum atomic E-state index is -0.324. The average molecular weight is 298 g/mol. The summed E-state index contributed by atoms with van der Waals surface area (Å²) in [6, 6.07) is 11.6. The molecule has 3 rings (SSSR count). The second-order valence-electron chi connectivity index (χ2n) is 4.86. The molecule has 0 unspecified atom stereocenters. The molecule has 0 fully saturated rings. The summed E-state index contributed by atoms with van der Waals surface area (Å²) in [6.45, 7) is 0.360. The molecule has 0 aliphatic heterocycles. The maximum absolute atomic E-state index is 13.4. The highest BCUT2D eigenvalue weighted by Crippen LogP contribution is 2.15. The number of imidazole rings is 1. The Morgan fingerprint density at radius 2 is 2.09 bits per heavy atom. The molecule has 0 saturated heterocycles. The maximum atomic E-state index is 13.4. The zero-order valence-electron chi connectivity index (χ0n) is 11.8. The molecule has 112 valence electrons. The van der Waals surface area contributed by atoms with Crippen LogP contribution in [0, 0.1) is 5.82 Å². The topological polar surface area (TPSA) is 69.8 Å². The third-order valence-corrected chi connectivity index (χ3v) is 3.32. The molecule has 6 heteroatoms. The van der Waals surface area contributed by atoms with Crippen LogP contribution >= 0.6 is 0 Å². The van der Waals surface area contributed by atoms with Crippen molar-refractivity contribution in [1.82, 2.24) is 15.3 Å². The lowest BCUT2D eigenvalue weighted by Gasteiger charge is -2.08. The summed E-state index contributed by atoms with van der Waals surface area (Å²) in [5, 5.41) is 5.44. The molecule has 2 aromatic carbocycles. The number of nitrogens with zero attached hydrogens (tertiary/aromatic N) is 1. The molecule has 1 heterocycles. The smallest absolute Gasteiger partial charge is 0.319 e. The van der Waals surface area contributed by atoms with Gasteiger partial charge in [-0.3, -0.25) is 0 Å². The summed E-state index contributed by atoms with van der Waals surface area (Å²) in [5.74, 6) is -0.255. The largest absolute Gasteiger partial charge is 0.345 e. The lowest BCUT2D eigenvalue weighted by Crippen LogP contribution is -2.30. The monoisotopic (exact) mass is 298 g/mol. The van der Waals surface area contributed by atoms with E-state index in [-0.39, 0.29) is 11.8 Å². The summed E-state index contributed by atoms with van der Waals surface area (Å²) in [7, 11) is 0. The minimum Gasteiger partial charge on any atom is -0.345 e. The molecule has 3 N–H and O–H groups in total. The highest BCUT2D eigenvalue weighted by molar-refractivity contribution is 5.91. The third-order valence-electron chi connectivity index (χ3n) is 3.32. The molecule has 0 saturated carbocycles. The second kappa shape index (κ2) is 6.26. The van der Waals surface area contributed by atoms with Gasteiger partial charge in [0.2, 0.25) is 0 Å². The van der Waals surface area contributed by atoms with E-state index in [1.165, 1.54) is 6.07 Å². The van der Waals surface area contributed by atoms with E-state index in [1.807, 2.05) is 6.07 Å². The molecule has 3 aromatic rings. The van der Waals surface area contributed by atoms with Gasteiger partial charge in [-0.2, -0.15) is 0 Å². The van der Waals surface area contributed by atoms with Crippen LogP contribution in [0.2, 0.25) is 0 Å². The first-order valence-electron chi connectivity index (χ1n) is 6.94. The van der Waals surface area contributed by atoms with Crippen molar-refractivity contribution in [3.05, 3.63) is 60.2 Å². The van der Waals surface area contributed by atoms with Gasteiger partial charge in [-0.05, 0) is 36.2 Å². The minimum absolute atomic E-state index is 0.255. The van der Waals surface area contributed by atoms with Crippen molar-refractivity contribution in [3.63, 3.8) is 0 Å². The van der Waals surface area contributed by atoms with Crippen molar-refractivity contribution in [2.45, 2.75) is 6.42 Å². The van der Waals surface area contributed by atoms with E-state index >= 15 is 0 Å². The van der Waals surface area contributed by atoms with Crippen LogP contribution in [-0.2, 0) is 6.42 Å².